The van der Waals surface area contributed by atoms with Gasteiger partial charge in [0.15, 0.2) is 6.10 Å². The second kappa shape index (κ2) is 8.70. The molecule has 0 saturated carbocycles. The van der Waals surface area contributed by atoms with E-state index in [2.05, 4.69) is 27.9 Å². The molecule has 0 fully saturated rings. The molecule has 0 aliphatic carbocycles. The summed E-state index contributed by atoms with van der Waals surface area (Å²) < 4.78 is 38.7. The number of amides is 1. The van der Waals surface area contributed by atoms with Crippen molar-refractivity contribution in [3.05, 3.63) is 68.8 Å². The van der Waals surface area contributed by atoms with E-state index in [-0.39, 0.29) is 12.0 Å². The summed E-state index contributed by atoms with van der Waals surface area (Å²) >= 11 is 2.10. The highest BCUT2D eigenvalue weighted by Crippen LogP contribution is 2.30. The van der Waals surface area contributed by atoms with Gasteiger partial charge >= 0.3 is 12.1 Å². The first-order chi connectivity index (χ1) is 12.6. The molecule has 3 N–H and O–H groups in total. The highest BCUT2D eigenvalue weighted by molar-refractivity contribution is 14.1. The van der Waals surface area contributed by atoms with Crippen LogP contribution in [0.25, 0.3) is 0 Å². The molecule has 144 valence electrons. The van der Waals surface area contributed by atoms with Crippen LogP contribution in [0.1, 0.15) is 22.8 Å². The smallest absolute Gasteiger partial charge is 0.416 e. The fourth-order valence-electron chi connectivity index (χ4n) is 2.31. The molecule has 9 heteroatoms. The number of nitrogens with one attached hydrogen (secondary N) is 1. The van der Waals surface area contributed by atoms with Crippen LogP contribution in [0.5, 0.6) is 0 Å². The van der Waals surface area contributed by atoms with Crippen molar-refractivity contribution in [3.63, 3.8) is 0 Å². The third kappa shape index (κ3) is 5.93. The topological polar surface area (TPSA) is 86.6 Å². The summed E-state index contributed by atoms with van der Waals surface area (Å²) in [6.45, 7) is 0. The Morgan fingerprint density at radius 2 is 1.59 bits per heavy atom. The zero-order chi connectivity index (χ0) is 20.2. The molecule has 0 aromatic heterocycles. The molecule has 0 radical (unpaired) electrons. The normalized spacial score (nSPS) is 13.7. The molecule has 0 heterocycles. The Kier molecular flexibility index (Phi) is 6.82. The highest BCUT2D eigenvalue weighted by atomic mass is 127. The molecule has 0 bridgehead atoms. The van der Waals surface area contributed by atoms with Gasteiger partial charge in [-0.1, -0.05) is 24.3 Å². The maximum Gasteiger partial charge on any atom is 0.416 e. The Morgan fingerprint density at radius 3 is 2.07 bits per heavy atom. The molecule has 2 aromatic carbocycles. The first-order valence-electron chi connectivity index (χ1n) is 7.71. The third-order valence-corrected chi connectivity index (χ3v) is 4.49. The largest absolute Gasteiger partial charge is 0.480 e. The zero-order valence-corrected chi connectivity index (χ0v) is 15.9. The summed E-state index contributed by atoms with van der Waals surface area (Å²) in [4.78, 5) is 23.5. The first kappa shape index (κ1) is 21.2. The predicted molar refractivity (Wildman–Crippen MR) is 98.8 cm³/mol. The number of carbonyl (C=O) groups excluding carboxylic acids is 1. The summed E-state index contributed by atoms with van der Waals surface area (Å²) in [5, 5.41) is 21.5. The van der Waals surface area contributed by atoms with Gasteiger partial charge in [-0.3, -0.25) is 4.79 Å². The van der Waals surface area contributed by atoms with Crippen LogP contribution in [0.4, 0.5) is 13.2 Å². The number of benzene rings is 2. The number of aliphatic hydroxyl groups excluding tert-OH is 1. The number of carbonyl (C=O) groups is 2. The van der Waals surface area contributed by atoms with Crippen molar-refractivity contribution in [1.29, 1.82) is 0 Å². The quantitative estimate of drug-likeness (QED) is 0.540. The second-order valence-corrected chi connectivity index (χ2v) is 7.00. The summed E-state index contributed by atoms with van der Waals surface area (Å²) in [6, 6.07) is 9.15. The van der Waals surface area contributed by atoms with Crippen LogP contribution >= 0.6 is 22.6 Å². The fraction of sp³-hybridized carbons (Fsp3) is 0.222. The number of aliphatic carboxylic acids is 1. The Balaban J connectivity index is 2.07. The number of carboxylic acid groups (broad SMARTS) is 1. The van der Waals surface area contributed by atoms with Crippen LogP contribution in [-0.4, -0.2) is 28.1 Å². The Labute approximate surface area is 166 Å². The van der Waals surface area contributed by atoms with Crippen molar-refractivity contribution >= 4 is 34.5 Å². The van der Waals surface area contributed by atoms with Gasteiger partial charge in [-0.15, -0.1) is 0 Å². The van der Waals surface area contributed by atoms with Crippen LogP contribution in [0.15, 0.2) is 48.5 Å². The summed E-state index contributed by atoms with van der Waals surface area (Å²) in [7, 11) is 0. The monoisotopic (exact) mass is 493 g/mol. The van der Waals surface area contributed by atoms with Crippen LogP contribution in [-0.2, 0) is 22.2 Å². The molecule has 0 aliphatic rings. The average molecular weight is 493 g/mol. The highest BCUT2D eigenvalue weighted by Gasteiger charge is 2.31. The van der Waals surface area contributed by atoms with Crippen LogP contribution in [0.2, 0.25) is 0 Å². The van der Waals surface area contributed by atoms with Gasteiger partial charge in [0, 0.05) is 9.99 Å². The second-order valence-electron chi connectivity index (χ2n) is 5.75. The van der Waals surface area contributed by atoms with Crippen molar-refractivity contribution in [2.24, 2.45) is 0 Å². The number of halogens is 4. The zero-order valence-electron chi connectivity index (χ0n) is 13.7. The van der Waals surface area contributed by atoms with E-state index in [1.54, 1.807) is 24.3 Å². The fourth-order valence-corrected chi connectivity index (χ4v) is 2.67. The van der Waals surface area contributed by atoms with Crippen molar-refractivity contribution in [2.45, 2.75) is 24.7 Å². The lowest BCUT2D eigenvalue weighted by Crippen LogP contribution is -2.44. The molecule has 0 unspecified atom stereocenters. The summed E-state index contributed by atoms with van der Waals surface area (Å²) in [5.74, 6) is -2.30. The lowest BCUT2D eigenvalue weighted by atomic mass is 10.0. The molecule has 5 nitrogen and oxygen atoms in total. The number of carboxylic acids is 1. The molecule has 1 amide bonds. The van der Waals surface area contributed by atoms with Gasteiger partial charge in [0.2, 0.25) is 0 Å². The van der Waals surface area contributed by atoms with Crippen LogP contribution < -0.4 is 5.32 Å². The molecule has 0 aliphatic heterocycles. The van der Waals surface area contributed by atoms with E-state index in [9.17, 15) is 33.0 Å². The minimum Gasteiger partial charge on any atom is -0.480 e. The predicted octanol–water partition coefficient (Wildman–Crippen LogP) is 3.16. The van der Waals surface area contributed by atoms with Gasteiger partial charge in [-0.05, 0) is 58.0 Å². The number of alkyl halides is 3. The Morgan fingerprint density at radius 1 is 1.04 bits per heavy atom. The Bertz CT molecular complexity index is 807. The lowest BCUT2D eigenvalue weighted by Gasteiger charge is -2.18. The minimum atomic E-state index is -4.53. The molecule has 2 atom stereocenters. The maximum atomic E-state index is 12.6. The van der Waals surface area contributed by atoms with E-state index in [0.717, 1.165) is 27.8 Å². The first-order valence-corrected chi connectivity index (χ1v) is 8.78. The van der Waals surface area contributed by atoms with Gasteiger partial charge in [0.05, 0.1) is 5.56 Å². The molecule has 2 aromatic rings. The maximum absolute atomic E-state index is 12.6. The van der Waals surface area contributed by atoms with Crippen molar-refractivity contribution < 1.29 is 33.0 Å². The molecular weight excluding hydrogens is 478 g/mol. The van der Waals surface area contributed by atoms with Gasteiger partial charge in [-0.25, -0.2) is 4.79 Å². The molecule has 0 saturated heterocycles. The minimum absolute atomic E-state index is 0.00226. The molecular formula is C18H15F3INO4. The Hall–Kier alpha value is -2.14. The van der Waals surface area contributed by atoms with Gasteiger partial charge in [0.25, 0.3) is 5.91 Å². The number of hydrogen-bond acceptors (Lipinski definition) is 3. The van der Waals surface area contributed by atoms with Crippen LogP contribution in [0.3, 0.4) is 0 Å². The third-order valence-electron chi connectivity index (χ3n) is 3.77. The summed E-state index contributed by atoms with van der Waals surface area (Å²) in [6.07, 6.45) is -6.32. The van der Waals surface area contributed by atoms with Crippen molar-refractivity contribution in [3.8, 4) is 0 Å². The van der Waals surface area contributed by atoms with E-state index in [4.69, 9.17) is 0 Å². The van der Waals surface area contributed by atoms with E-state index < -0.39 is 35.8 Å². The van der Waals surface area contributed by atoms with Gasteiger partial charge < -0.3 is 15.5 Å². The molecule has 0 spiro atoms. The molecule has 27 heavy (non-hydrogen) atoms. The van der Waals surface area contributed by atoms with E-state index >= 15 is 0 Å². The average Bonchev–Trinajstić information content (AvgIpc) is 2.61. The van der Waals surface area contributed by atoms with E-state index in [1.165, 1.54) is 0 Å². The van der Waals surface area contributed by atoms with Crippen LogP contribution in [0, 0.1) is 3.57 Å². The van der Waals surface area contributed by atoms with Gasteiger partial charge in [0.1, 0.15) is 6.04 Å². The number of hydrogen-bond donors (Lipinski definition) is 3. The van der Waals surface area contributed by atoms with Crippen molar-refractivity contribution in [1.82, 2.24) is 5.32 Å². The van der Waals surface area contributed by atoms with E-state index in [1.807, 2.05) is 0 Å². The number of rotatable bonds is 6. The lowest BCUT2D eigenvalue weighted by molar-refractivity contribution is -0.143. The van der Waals surface area contributed by atoms with E-state index in [0.29, 0.717) is 5.56 Å². The standard InChI is InChI=1S/C18H15F3INO4/c19-18(20,21)12-5-3-11(4-6-12)15(24)16(25)23-14(17(26)27)9-10-1-7-13(22)8-2-10/h1-8,14-15,24H,9H2,(H,23,25)(H,26,27)/t14-,15-/m0/s1. The van der Waals surface area contributed by atoms with Crippen molar-refractivity contribution in [2.75, 3.05) is 0 Å². The SMILES string of the molecule is O=C(O)[C@H](Cc1ccc(I)cc1)NC(=O)[C@@H](O)c1ccc(C(F)(F)F)cc1. The summed E-state index contributed by atoms with van der Waals surface area (Å²) in [5.41, 5.74) is -0.313. The molecule has 2 rings (SSSR count). The number of aliphatic hydroxyl groups is 1. The van der Waals surface area contributed by atoms with Gasteiger partial charge in [-0.2, -0.15) is 13.2 Å².